The van der Waals surface area contributed by atoms with E-state index in [0.29, 0.717) is 53.0 Å². The van der Waals surface area contributed by atoms with E-state index in [4.69, 9.17) is 56.6 Å². The SMILES string of the molecule is O=C(O)Cc1c(C(=O)c2cc(Cl)ccn2)[nH]c2cc(Cl)ccc12.O=C(O)Cc1c(C(=O)c2cc(Cl)ccn2)[nH]c2cc(Cl)ccc12. The molecule has 4 N–H and O–H groups in total. The highest BCUT2D eigenvalue weighted by Gasteiger charge is 2.23. The maximum absolute atomic E-state index is 12.7. The van der Waals surface area contributed by atoms with Gasteiger partial charge in [0.25, 0.3) is 0 Å². The molecule has 0 spiro atoms. The van der Waals surface area contributed by atoms with E-state index in [9.17, 15) is 19.2 Å². The Morgan fingerprint density at radius 3 is 1.28 bits per heavy atom. The topological polar surface area (TPSA) is 166 Å². The van der Waals surface area contributed by atoms with E-state index in [1.807, 2.05) is 0 Å². The molecule has 0 radical (unpaired) electrons. The number of fused-ring (bicyclic) bond motifs is 2. The first-order valence-corrected chi connectivity index (χ1v) is 14.8. The van der Waals surface area contributed by atoms with Gasteiger partial charge in [-0.05, 0) is 48.5 Å². The molecule has 0 bridgehead atoms. The minimum absolute atomic E-state index is 0.141. The van der Waals surface area contributed by atoms with Gasteiger partial charge in [-0.2, -0.15) is 0 Å². The maximum atomic E-state index is 12.7. The third-order valence-corrected chi connectivity index (χ3v) is 7.70. The molecule has 0 amide bonds. The van der Waals surface area contributed by atoms with E-state index in [0.717, 1.165) is 0 Å². The lowest BCUT2D eigenvalue weighted by atomic mass is 10.0. The molecule has 14 heteroatoms. The summed E-state index contributed by atoms with van der Waals surface area (Å²) >= 11 is 23.7. The molecule has 0 aliphatic carbocycles. The fraction of sp³-hybridized carbons (Fsp3) is 0.0625. The van der Waals surface area contributed by atoms with Crippen LogP contribution in [0.25, 0.3) is 21.8 Å². The predicted octanol–water partition coefficient (Wildman–Crippen LogP) is 7.46. The van der Waals surface area contributed by atoms with Crippen molar-refractivity contribution in [2.75, 3.05) is 0 Å². The lowest BCUT2D eigenvalue weighted by Gasteiger charge is -2.02. The van der Waals surface area contributed by atoms with E-state index in [1.165, 1.54) is 24.5 Å². The van der Waals surface area contributed by atoms with Crippen molar-refractivity contribution >= 4 is 91.7 Å². The van der Waals surface area contributed by atoms with Crippen LogP contribution in [0.2, 0.25) is 20.1 Å². The fourth-order valence-electron chi connectivity index (χ4n) is 4.83. The number of benzene rings is 2. The Kier molecular flexibility index (Phi) is 9.74. The Bertz CT molecular complexity index is 2020. The predicted molar refractivity (Wildman–Crippen MR) is 175 cm³/mol. The van der Waals surface area contributed by atoms with Crippen LogP contribution in [0, 0.1) is 0 Å². The minimum atomic E-state index is -1.03. The van der Waals surface area contributed by atoms with Crippen LogP contribution in [0.15, 0.2) is 73.1 Å². The molecule has 0 saturated heterocycles. The van der Waals surface area contributed by atoms with Crippen LogP contribution in [-0.4, -0.2) is 53.7 Å². The second kappa shape index (κ2) is 13.7. The summed E-state index contributed by atoms with van der Waals surface area (Å²) in [6.45, 7) is 0. The van der Waals surface area contributed by atoms with Crippen molar-refractivity contribution in [3.8, 4) is 0 Å². The second-order valence-corrected chi connectivity index (χ2v) is 11.6. The number of rotatable bonds is 8. The van der Waals surface area contributed by atoms with Crippen molar-refractivity contribution in [2.45, 2.75) is 12.8 Å². The Labute approximate surface area is 279 Å². The molecule has 4 heterocycles. The highest BCUT2D eigenvalue weighted by Crippen LogP contribution is 2.29. The lowest BCUT2D eigenvalue weighted by Crippen LogP contribution is -2.10. The second-order valence-electron chi connectivity index (χ2n) is 9.85. The Hall–Kier alpha value is -4.74. The number of aliphatic carboxylic acids is 2. The zero-order valence-electron chi connectivity index (χ0n) is 23.3. The smallest absolute Gasteiger partial charge is 0.307 e. The molecule has 0 fully saturated rings. The van der Waals surface area contributed by atoms with Crippen LogP contribution < -0.4 is 0 Å². The number of ketones is 2. The Balaban J connectivity index is 0.000000181. The number of nitrogens with one attached hydrogen (secondary N) is 2. The van der Waals surface area contributed by atoms with Crippen molar-refractivity contribution in [1.29, 1.82) is 0 Å². The van der Waals surface area contributed by atoms with Gasteiger partial charge in [0.15, 0.2) is 0 Å². The number of halogens is 4. The molecule has 46 heavy (non-hydrogen) atoms. The highest BCUT2D eigenvalue weighted by atomic mass is 35.5. The van der Waals surface area contributed by atoms with Gasteiger partial charge in [-0.1, -0.05) is 58.5 Å². The van der Waals surface area contributed by atoms with E-state index < -0.39 is 23.5 Å². The average Bonchev–Trinajstić information content (AvgIpc) is 3.53. The van der Waals surface area contributed by atoms with Gasteiger partial charge in [0.2, 0.25) is 11.6 Å². The molecular formula is C32H20Cl4N4O6. The summed E-state index contributed by atoms with van der Waals surface area (Å²) in [4.78, 5) is 61.6. The number of carboxylic acid groups (broad SMARTS) is 2. The summed E-state index contributed by atoms with van der Waals surface area (Å²) in [5.74, 6) is -2.91. The zero-order chi connectivity index (χ0) is 33.1. The number of aromatic nitrogens is 4. The molecule has 6 rings (SSSR count). The molecule has 0 aliphatic rings. The summed E-state index contributed by atoms with van der Waals surface area (Å²) in [5.41, 5.74) is 2.63. The quantitative estimate of drug-likeness (QED) is 0.119. The van der Waals surface area contributed by atoms with Crippen molar-refractivity contribution in [3.05, 3.63) is 127 Å². The normalized spacial score (nSPS) is 10.9. The molecule has 2 aromatic carbocycles. The number of pyridine rings is 2. The lowest BCUT2D eigenvalue weighted by molar-refractivity contribution is -0.137. The standard InChI is InChI=1S/2C16H10Cl2N2O3/c2*17-8-1-2-10-11(7-14(21)22)15(20-12(10)5-8)16(23)13-6-9(18)3-4-19-13/h2*1-6,20H,7H2,(H,21,22). The van der Waals surface area contributed by atoms with Crippen molar-refractivity contribution in [1.82, 2.24) is 19.9 Å². The Morgan fingerprint density at radius 1 is 0.565 bits per heavy atom. The third-order valence-electron chi connectivity index (χ3n) is 6.76. The number of hydrogen-bond acceptors (Lipinski definition) is 6. The van der Waals surface area contributed by atoms with Gasteiger partial charge in [-0.3, -0.25) is 29.1 Å². The molecule has 10 nitrogen and oxygen atoms in total. The molecule has 0 aliphatic heterocycles. The average molecular weight is 698 g/mol. The largest absolute Gasteiger partial charge is 0.481 e. The maximum Gasteiger partial charge on any atom is 0.307 e. The van der Waals surface area contributed by atoms with Crippen LogP contribution in [0.4, 0.5) is 0 Å². The van der Waals surface area contributed by atoms with Gasteiger partial charge in [0.05, 0.1) is 24.2 Å². The number of aromatic amines is 2. The summed E-state index contributed by atoms with van der Waals surface area (Å²) < 4.78 is 0. The molecule has 6 aromatic rings. The Morgan fingerprint density at radius 2 is 0.935 bits per heavy atom. The fourth-order valence-corrected chi connectivity index (χ4v) is 5.49. The molecule has 0 atom stereocenters. The summed E-state index contributed by atoms with van der Waals surface area (Å²) in [5, 5.41) is 21.3. The van der Waals surface area contributed by atoms with Crippen molar-refractivity contribution < 1.29 is 29.4 Å². The van der Waals surface area contributed by atoms with E-state index in [1.54, 1.807) is 48.5 Å². The van der Waals surface area contributed by atoms with E-state index in [-0.39, 0.29) is 35.6 Å². The van der Waals surface area contributed by atoms with Crippen LogP contribution in [0.3, 0.4) is 0 Å². The minimum Gasteiger partial charge on any atom is -0.481 e. The van der Waals surface area contributed by atoms with Gasteiger partial charge >= 0.3 is 11.9 Å². The summed E-state index contributed by atoms with van der Waals surface area (Å²) in [6, 6.07) is 15.9. The number of nitrogens with zero attached hydrogens (tertiary/aromatic N) is 2. The van der Waals surface area contributed by atoms with Gasteiger partial charge < -0.3 is 20.2 Å². The first-order valence-electron chi connectivity index (χ1n) is 13.3. The molecule has 4 aromatic heterocycles. The zero-order valence-corrected chi connectivity index (χ0v) is 26.3. The molecule has 0 unspecified atom stereocenters. The van der Waals surface area contributed by atoms with Crippen molar-refractivity contribution in [3.63, 3.8) is 0 Å². The third kappa shape index (κ3) is 7.21. The number of H-pyrrole nitrogens is 2. The van der Waals surface area contributed by atoms with Gasteiger partial charge in [0.1, 0.15) is 11.4 Å². The van der Waals surface area contributed by atoms with E-state index >= 15 is 0 Å². The monoisotopic (exact) mass is 696 g/mol. The highest BCUT2D eigenvalue weighted by molar-refractivity contribution is 6.32. The summed E-state index contributed by atoms with van der Waals surface area (Å²) in [6.07, 6.45) is 2.27. The van der Waals surface area contributed by atoms with Crippen LogP contribution in [0.5, 0.6) is 0 Å². The van der Waals surface area contributed by atoms with Crippen LogP contribution in [0.1, 0.15) is 43.5 Å². The molecule has 232 valence electrons. The first kappa shape index (κ1) is 32.6. The number of carboxylic acids is 2. The number of hydrogen-bond donors (Lipinski definition) is 4. The van der Waals surface area contributed by atoms with Crippen LogP contribution >= 0.6 is 46.4 Å². The van der Waals surface area contributed by atoms with E-state index in [2.05, 4.69) is 19.9 Å². The van der Waals surface area contributed by atoms with Crippen LogP contribution in [-0.2, 0) is 22.4 Å². The van der Waals surface area contributed by atoms with Gasteiger partial charge in [0, 0.05) is 65.4 Å². The van der Waals surface area contributed by atoms with Gasteiger partial charge in [-0.15, -0.1) is 0 Å². The number of carbonyl (C=O) groups is 4. The van der Waals surface area contributed by atoms with Crippen molar-refractivity contribution in [2.24, 2.45) is 0 Å². The first-order chi connectivity index (χ1) is 21.9. The molecule has 0 saturated carbocycles. The summed E-state index contributed by atoms with van der Waals surface area (Å²) in [7, 11) is 0. The number of carbonyl (C=O) groups excluding carboxylic acids is 2. The van der Waals surface area contributed by atoms with Gasteiger partial charge in [-0.25, -0.2) is 0 Å². The molecular weight excluding hydrogens is 678 g/mol.